The van der Waals surface area contributed by atoms with Crippen LogP contribution in [0.15, 0.2) is 24.3 Å². The van der Waals surface area contributed by atoms with Gasteiger partial charge in [-0.25, -0.2) is 0 Å². The van der Waals surface area contributed by atoms with Crippen molar-refractivity contribution >= 4 is 0 Å². The highest BCUT2D eigenvalue weighted by Gasteiger charge is 2.52. The Kier molecular flexibility index (Phi) is 4.27. The van der Waals surface area contributed by atoms with Crippen LogP contribution in [0.3, 0.4) is 0 Å². The number of halogens is 3. The highest BCUT2D eigenvalue weighted by Crippen LogP contribution is 2.40. The molecule has 0 spiro atoms. The monoisotopic (exact) mass is 262 g/mol. The average molecular weight is 262 g/mol. The van der Waals surface area contributed by atoms with Gasteiger partial charge in [0.2, 0.25) is 0 Å². The second-order valence-corrected chi connectivity index (χ2v) is 4.58. The summed E-state index contributed by atoms with van der Waals surface area (Å²) in [6, 6.07) is 5.97. The molecule has 18 heavy (non-hydrogen) atoms. The molecule has 2 nitrogen and oxygen atoms in total. The lowest BCUT2D eigenvalue weighted by molar-refractivity contribution is -0.264. The lowest BCUT2D eigenvalue weighted by atomic mass is 9.85. The van der Waals surface area contributed by atoms with Gasteiger partial charge in [-0.3, -0.25) is 0 Å². The topological polar surface area (TPSA) is 40.5 Å². The Balaban J connectivity index is 2.86. The molecule has 0 fully saturated rings. The maximum absolute atomic E-state index is 12.8. The zero-order valence-corrected chi connectivity index (χ0v) is 10.3. The minimum absolute atomic E-state index is 0.0625. The molecule has 1 rings (SSSR count). The van der Waals surface area contributed by atoms with Crippen LogP contribution in [-0.4, -0.2) is 22.0 Å². The summed E-state index contributed by atoms with van der Waals surface area (Å²) in [6.07, 6.45) is -5.40. The Hall–Kier alpha value is -1.23. The van der Waals surface area contributed by atoms with Crippen LogP contribution in [0.4, 0.5) is 13.2 Å². The van der Waals surface area contributed by atoms with Crippen molar-refractivity contribution in [1.29, 1.82) is 0 Å². The van der Waals surface area contributed by atoms with Crippen LogP contribution in [0.1, 0.15) is 38.2 Å². The normalized spacial score (nSPS) is 17.2. The molecule has 0 aliphatic rings. The predicted octanol–water partition coefficient (Wildman–Crippen LogP) is 3.59. The van der Waals surface area contributed by atoms with E-state index in [1.807, 2.05) is 0 Å². The molecule has 0 radical (unpaired) electrons. The minimum atomic E-state index is -4.63. The van der Waals surface area contributed by atoms with E-state index in [9.17, 15) is 18.3 Å². The van der Waals surface area contributed by atoms with Gasteiger partial charge in [-0.15, -0.1) is 0 Å². The Morgan fingerprint density at radius 3 is 2.06 bits per heavy atom. The van der Waals surface area contributed by atoms with Crippen molar-refractivity contribution < 1.29 is 23.4 Å². The molecule has 0 bridgehead atoms. The maximum Gasteiger partial charge on any atom is 0.417 e. The number of alkyl halides is 3. The van der Waals surface area contributed by atoms with Crippen LogP contribution < -0.4 is 0 Å². The Morgan fingerprint density at radius 2 is 1.67 bits per heavy atom. The van der Waals surface area contributed by atoms with Crippen molar-refractivity contribution in [3.05, 3.63) is 29.8 Å². The van der Waals surface area contributed by atoms with Gasteiger partial charge in [-0.05, 0) is 36.5 Å². The summed E-state index contributed by atoms with van der Waals surface area (Å²) in [4.78, 5) is 0. The number of benzene rings is 1. The summed E-state index contributed by atoms with van der Waals surface area (Å²) in [5.74, 6) is -0.385. The predicted molar refractivity (Wildman–Crippen MR) is 62.4 cm³/mol. The smallest absolute Gasteiger partial charge is 0.417 e. The summed E-state index contributed by atoms with van der Waals surface area (Å²) in [7, 11) is 0. The van der Waals surface area contributed by atoms with Gasteiger partial charge in [0.05, 0.1) is 0 Å². The first-order valence-electron chi connectivity index (χ1n) is 5.77. The van der Waals surface area contributed by atoms with Gasteiger partial charge in [-0.1, -0.05) is 26.0 Å². The van der Waals surface area contributed by atoms with E-state index in [-0.39, 0.29) is 12.2 Å². The number of phenolic OH excluding ortho intramolecular Hbond substituents is 1. The first-order chi connectivity index (χ1) is 8.19. The number of hydrogen-bond acceptors (Lipinski definition) is 2. The van der Waals surface area contributed by atoms with E-state index in [1.165, 1.54) is 19.1 Å². The van der Waals surface area contributed by atoms with Crippen LogP contribution in [-0.2, 0) is 0 Å². The van der Waals surface area contributed by atoms with Gasteiger partial charge in [-0.2, -0.15) is 13.2 Å². The van der Waals surface area contributed by atoms with Gasteiger partial charge in [0.1, 0.15) is 5.75 Å². The number of aliphatic hydroxyl groups is 1. The molecule has 0 aromatic heterocycles. The fourth-order valence-corrected chi connectivity index (χ4v) is 1.89. The minimum Gasteiger partial charge on any atom is -0.508 e. The van der Waals surface area contributed by atoms with Crippen LogP contribution >= 0.6 is 0 Å². The number of hydrogen-bond donors (Lipinski definition) is 2. The highest BCUT2D eigenvalue weighted by molar-refractivity contribution is 5.28. The third kappa shape index (κ3) is 3.16. The first-order valence-corrected chi connectivity index (χ1v) is 5.77. The van der Waals surface area contributed by atoms with Crippen LogP contribution in [0.2, 0.25) is 0 Å². The molecule has 2 atom stereocenters. The highest BCUT2D eigenvalue weighted by atomic mass is 19.4. The summed E-state index contributed by atoms with van der Waals surface area (Å²) >= 11 is 0. The SMILES string of the molecule is CCC(O)(CC(C)c1ccc(O)cc1)C(F)(F)F. The molecule has 1 aromatic rings. The van der Waals surface area contributed by atoms with Gasteiger partial charge in [0, 0.05) is 0 Å². The number of phenols is 1. The van der Waals surface area contributed by atoms with Crippen molar-refractivity contribution in [2.75, 3.05) is 0 Å². The molecule has 5 heteroatoms. The molecular formula is C13H17F3O2. The first kappa shape index (κ1) is 14.8. The third-order valence-corrected chi connectivity index (χ3v) is 3.22. The fraction of sp³-hybridized carbons (Fsp3) is 0.538. The molecule has 0 heterocycles. The van der Waals surface area contributed by atoms with Crippen molar-refractivity contribution in [1.82, 2.24) is 0 Å². The molecule has 2 unspecified atom stereocenters. The zero-order valence-electron chi connectivity index (χ0n) is 10.3. The maximum atomic E-state index is 12.8. The van der Waals surface area contributed by atoms with E-state index in [0.29, 0.717) is 5.56 Å². The molecule has 2 N–H and O–H groups in total. The van der Waals surface area contributed by atoms with Gasteiger partial charge < -0.3 is 10.2 Å². The second kappa shape index (κ2) is 5.18. The summed E-state index contributed by atoms with van der Waals surface area (Å²) in [6.45, 7) is 2.94. The van der Waals surface area contributed by atoms with Gasteiger partial charge >= 0.3 is 6.18 Å². The largest absolute Gasteiger partial charge is 0.508 e. The molecule has 0 aliphatic heterocycles. The Labute approximate surface area is 104 Å². The van der Waals surface area contributed by atoms with Crippen molar-refractivity contribution in [2.24, 2.45) is 0 Å². The standard InChI is InChI=1S/C13H17F3O2/c1-3-12(18,13(14,15)16)8-9(2)10-4-6-11(17)7-5-10/h4-7,9,17-18H,3,8H2,1-2H3. The van der Waals surface area contributed by atoms with E-state index in [0.717, 1.165) is 0 Å². The molecule has 0 amide bonds. The number of aromatic hydroxyl groups is 1. The second-order valence-electron chi connectivity index (χ2n) is 4.58. The molecule has 0 saturated heterocycles. The van der Waals surface area contributed by atoms with E-state index >= 15 is 0 Å². The summed E-state index contributed by atoms with van der Waals surface area (Å²) in [5.41, 5.74) is -2.01. The Bertz CT molecular complexity index is 386. The number of rotatable bonds is 4. The van der Waals surface area contributed by atoms with E-state index in [2.05, 4.69) is 0 Å². The molecule has 0 saturated carbocycles. The van der Waals surface area contributed by atoms with Crippen molar-refractivity contribution in [2.45, 2.75) is 44.4 Å². The molecule has 1 aromatic carbocycles. The lowest BCUT2D eigenvalue weighted by Crippen LogP contribution is -2.45. The van der Waals surface area contributed by atoms with E-state index in [1.54, 1.807) is 19.1 Å². The van der Waals surface area contributed by atoms with E-state index in [4.69, 9.17) is 5.11 Å². The molecule has 0 aliphatic carbocycles. The van der Waals surface area contributed by atoms with Gasteiger partial charge in [0.15, 0.2) is 5.60 Å². The summed E-state index contributed by atoms with van der Waals surface area (Å²) < 4.78 is 38.3. The lowest BCUT2D eigenvalue weighted by Gasteiger charge is -2.32. The zero-order chi connectivity index (χ0) is 14.0. The average Bonchev–Trinajstić information content (AvgIpc) is 2.28. The van der Waals surface area contributed by atoms with E-state index < -0.39 is 24.1 Å². The van der Waals surface area contributed by atoms with Crippen LogP contribution in [0, 0.1) is 0 Å². The summed E-state index contributed by atoms with van der Waals surface area (Å²) in [5, 5.41) is 18.8. The third-order valence-electron chi connectivity index (χ3n) is 3.22. The van der Waals surface area contributed by atoms with Crippen LogP contribution in [0.5, 0.6) is 5.75 Å². The molecule has 102 valence electrons. The Morgan fingerprint density at radius 1 is 1.17 bits per heavy atom. The quantitative estimate of drug-likeness (QED) is 0.870. The van der Waals surface area contributed by atoms with Gasteiger partial charge in [0.25, 0.3) is 0 Å². The van der Waals surface area contributed by atoms with Crippen molar-refractivity contribution in [3.8, 4) is 5.75 Å². The molecular weight excluding hydrogens is 245 g/mol. The fourth-order valence-electron chi connectivity index (χ4n) is 1.89. The van der Waals surface area contributed by atoms with Crippen LogP contribution in [0.25, 0.3) is 0 Å². The van der Waals surface area contributed by atoms with Crippen molar-refractivity contribution in [3.63, 3.8) is 0 Å².